The molecule has 0 spiro atoms. The van der Waals surface area contributed by atoms with Gasteiger partial charge in [-0.3, -0.25) is 14.9 Å². The van der Waals surface area contributed by atoms with Crippen molar-refractivity contribution in [1.82, 2.24) is 14.8 Å². The monoisotopic (exact) mass is 403 g/mol. The lowest BCUT2D eigenvalue weighted by atomic mass is 10.3. The van der Waals surface area contributed by atoms with Crippen LogP contribution in [-0.4, -0.2) is 31.3 Å². The normalized spacial score (nSPS) is 10.7. The summed E-state index contributed by atoms with van der Waals surface area (Å²) in [4.78, 5) is 23.4. The molecule has 2 aromatic heterocycles. The number of non-ortho nitro benzene ring substituents is 1. The summed E-state index contributed by atoms with van der Waals surface area (Å²) in [6.07, 6.45) is 0.930. The topological polar surface area (TPSA) is 103 Å². The van der Waals surface area contributed by atoms with Gasteiger partial charge in [0.2, 0.25) is 5.91 Å². The molecule has 0 bridgehead atoms. The summed E-state index contributed by atoms with van der Waals surface area (Å²) in [6.45, 7) is 2.85. The molecular weight excluding hydrogens is 386 g/mol. The van der Waals surface area contributed by atoms with Gasteiger partial charge in [-0.15, -0.1) is 21.5 Å². The number of thioether (sulfide) groups is 1. The molecule has 140 valence electrons. The summed E-state index contributed by atoms with van der Waals surface area (Å²) in [7, 11) is 0. The molecule has 27 heavy (non-hydrogen) atoms. The predicted molar refractivity (Wildman–Crippen MR) is 106 cm³/mol. The fraction of sp³-hybridized carbons (Fsp3) is 0.235. The molecule has 0 radical (unpaired) electrons. The lowest BCUT2D eigenvalue weighted by molar-refractivity contribution is -0.384. The van der Waals surface area contributed by atoms with Crippen LogP contribution in [0.3, 0.4) is 0 Å². The van der Waals surface area contributed by atoms with Crippen molar-refractivity contribution in [2.75, 3.05) is 11.1 Å². The third-order valence-corrected chi connectivity index (χ3v) is 5.43. The number of benzene rings is 1. The number of hydrogen-bond donors (Lipinski definition) is 1. The molecule has 0 aliphatic rings. The summed E-state index contributed by atoms with van der Waals surface area (Å²) in [5.74, 6) is 0.770. The average molecular weight is 403 g/mol. The maximum Gasteiger partial charge on any atom is 0.269 e. The third kappa shape index (κ3) is 4.72. The molecule has 2 heterocycles. The minimum atomic E-state index is -0.479. The van der Waals surface area contributed by atoms with Gasteiger partial charge in [-0.2, -0.15) is 0 Å². The lowest BCUT2D eigenvalue weighted by Gasteiger charge is -2.08. The fourth-order valence-corrected chi connectivity index (χ4v) is 3.88. The minimum Gasteiger partial charge on any atom is -0.325 e. The third-order valence-electron chi connectivity index (χ3n) is 3.60. The summed E-state index contributed by atoms with van der Waals surface area (Å²) in [5, 5.41) is 24.6. The van der Waals surface area contributed by atoms with Crippen LogP contribution in [0.25, 0.3) is 10.7 Å². The zero-order valence-corrected chi connectivity index (χ0v) is 16.1. The number of carbonyl (C=O) groups is 1. The molecule has 0 saturated carbocycles. The predicted octanol–water partition coefficient (Wildman–Crippen LogP) is 4.06. The standard InChI is InChI=1S/C17H17N5O3S2/c1-2-9-21-16(14-4-3-10-26-14)19-20-17(21)27-11-15(23)18-12-5-7-13(8-6-12)22(24)25/h3-8,10H,2,9,11H2,1H3,(H,18,23). The van der Waals surface area contributed by atoms with Gasteiger partial charge in [0.25, 0.3) is 5.69 Å². The highest BCUT2D eigenvalue weighted by Crippen LogP contribution is 2.27. The van der Waals surface area contributed by atoms with E-state index in [0.29, 0.717) is 10.8 Å². The Hall–Kier alpha value is -2.72. The highest BCUT2D eigenvalue weighted by atomic mass is 32.2. The first-order valence-electron chi connectivity index (χ1n) is 8.22. The van der Waals surface area contributed by atoms with E-state index < -0.39 is 4.92 Å². The Morgan fingerprint density at radius 2 is 2.07 bits per heavy atom. The van der Waals surface area contributed by atoms with Gasteiger partial charge in [0, 0.05) is 24.4 Å². The fourth-order valence-electron chi connectivity index (χ4n) is 2.40. The number of nitrogens with one attached hydrogen (secondary N) is 1. The minimum absolute atomic E-state index is 0.0175. The van der Waals surface area contributed by atoms with Crippen molar-refractivity contribution >= 4 is 40.4 Å². The molecular formula is C17H17N5O3S2. The molecule has 1 aromatic carbocycles. The van der Waals surface area contributed by atoms with E-state index in [2.05, 4.69) is 22.4 Å². The maximum atomic E-state index is 12.2. The summed E-state index contributed by atoms with van der Waals surface area (Å²) in [6, 6.07) is 9.69. The number of anilines is 1. The van der Waals surface area contributed by atoms with Crippen LogP contribution in [-0.2, 0) is 11.3 Å². The Morgan fingerprint density at radius 3 is 2.70 bits per heavy atom. The zero-order valence-electron chi connectivity index (χ0n) is 14.5. The molecule has 8 nitrogen and oxygen atoms in total. The first-order valence-corrected chi connectivity index (χ1v) is 10.1. The second kappa shape index (κ2) is 8.78. The number of nitro groups is 1. The van der Waals surface area contributed by atoms with E-state index in [1.165, 1.54) is 36.0 Å². The molecule has 3 rings (SSSR count). The zero-order chi connectivity index (χ0) is 19.2. The van der Waals surface area contributed by atoms with Crippen LogP contribution in [0, 0.1) is 10.1 Å². The lowest BCUT2D eigenvalue weighted by Crippen LogP contribution is -2.14. The maximum absolute atomic E-state index is 12.2. The SMILES string of the molecule is CCCn1c(SCC(=O)Nc2ccc([N+](=O)[O-])cc2)nnc1-c1cccs1. The van der Waals surface area contributed by atoms with E-state index in [0.717, 1.165) is 23.7 Å². The molecule has 10 heteroatoms. The number of carbonyl (C=O) groups excluding carboxylic acids is 1. The largest absolute Gasteiger partial charge is 0.325 e. The molecule has 1 amide bonds. The van der Waals surface area contributed by atoms with Crippen LogP contribution in [0.2, 0.25) is 0 Å². The van der Waals surface area contributed by atoms with Gasteiger partial charge in [0.05, 0.1) is 15.6 Å². The Labute approximate surface area is 163 Å². The number of rotatable bonds is 8. The average Bonchev–Trinajstić information content (AvgIpc) is 3.30. The van der Waals surface area contributed by atoms with E-state index in [4.69, 9.17) is 0 Å². The number of amides is 1. The molecule has 3 aromatic rings. The second-order valence-corrected chi connectivity index (χ2v) is 7.47. The van der Waals surface area contributed by atoms with Crippen LogP contribution >= 0.6 is 23.1 Å². The molecule has 0 unspecified atom stereocenters. The van der Waals surface area contributed by atoms with Crippen molar-refractivity contribution in [1.29, 1.82) is 0 Å². The highest BCUT2D eigenvalue weighted by molar-refractivity contribution is 7.99. The van der Waals surface area contributed by atoms with Crippen molar-refractivity contribution < 1.29 is 9.72 Å². The summed E-state index contributed by atoms with van der Waals surface area (Å²) < 4.78 is 2.02. The van der Waals surface area contributed by atoms with Gasteiger partial charge >= 0.3 is 0 Å². The van der Waals surface area contributed by atoms with Gasteiger partial charge in [0.15, 0.2) is 11.0 Å². The van der Waals surface area contributed by atoms with Crippen molar-refractivity contribution in [3.63, 3.8) is 0 Å². The molecule has 0 fully saturated rings. The number of thiophene rings is 1. The Morgan fingerprint density at radius 1 is 1.30 bits per heavy atom. The quantitative estimate of drug-likeness (QED) is 0.346. The van der Waals surface area contributed by atoms with Gasteiger partial charge in [-0.25, -0.2) is 0 Å². The van der Waals surface area contributed by atoms with Crippen LogP contribution in [0.4, 0.5) is 11.4 Å². The molecule has 1 N–H and O–H groups in total. The van der Waals surface area contributed by atoms with E-state index >= 15 is 0 Å². The molecule has 0 saturated heterocycles. The summed E-state index contributed by atoms with van der Waals surface area (Å²) >= 11 is 2.91. The molecule has 0 aliphatic heterocycles. The van der Waals surface area contributed by atoms with Gasteiger partial charge in [0.1, 0.15) is 0 Å². The second-order valence-electron chi connectivity index (χ2n) is 5.58. The first kappa shape index (κ1) is 19.1. The number of hydrogen-bond acceptors (Lipinski definition) is 7. The van der Waals surface area contributed by atoms with Crippen LogP contribution in [0.1, 0.15) is 13.3 Å². The smallest absolute Gasteiger partial charge is 0.269 e. The Bertz CT molecular complexity index is 923. The van der Waals surface area contributed by atoms with Gasteiger partial charge < -0.3 is 9.88 Å². The van der Waals surface area contributed by atoms with Gasteiger partial charge in [-0.1, -0.05) is 24.8 Å². The Balaban J connectivity index is 1.64. The van der Waals surface area contributed by atoms with E-state index in [-0.39, 0.29) is 17.3 Å². The Kier molecular flexibility index (Phi) is 6.20. The number of nitro benzene ring substituents is 1. The van der Waals surface area contributed by atoms with Crippen LogP contribution in [0.5, 0.6) is 0 Å². The van der Waals surface area contributed by atoms with Crippen molar-refractivity contribution in [2.24, 2.45) is 0 Å². The van der Waals surface area contributed by atoms with E-state index in [1.807, 2.05) is 22.1 Å². The van der Waals surface area contributed by atoms with Crippen molar-refractivity contribution in [3.05, 3.63) is 51.9 Å². The van der Waals surface area contributed by atoms with Crippen molar-refractivity contribution in [2.45, 2.75) is 25.0 Å². The van der Waals surface area contributed by atoms with Crippen LogP contribution < -0.4 is 5.32 Å². The highest BCUT2D eigenvalue weighted by Gasteiger charge is 2.16. The molecule has 0 aliphatic carbocycles. The number of nitrogens with zero attached hydrogens (tertiary/aromatic N) is 4. The van der Waals surface area contributed by atoms with E-state index in [1.54, 1.807) is 11.3 Å². The van der Waals surface area contributed by atoms with E-state index in [9.17, 15) is 14.9 Å². The van der Waals surface area contributed by atoms with Crippen LogP contribution in [0.15, 0.2) is 46.9 Å². The number of aromatic nitrogens is 3. The molecule has 0 atom stereocenters. The van der Waals surface area contributed by atoms with Gasteiger partial charge in [-0.05, 0) is 30.0 Å². The summed E-state index contributed by atoms with van der Waals surface area (Å²) in [5.41, 5.74) is 0.497. The van der Waals surface area contributed by atoms with Crippen molar-refractivity contribution in [3.8, 4) is 10.7 Å². The first-order chi connectivity index (χ1) is 13.1.